The number of esters is 1. The number of carbonyl (C=O) groups is 1. The maximum atomic E-state index is 12.4. The van der Waals surface area contributed by atoms with Crippen LogP contribution in [0.5, 0.6) is 0 Å². The van der Waals surface area contributed by atoms with Gasteiger partial charge in [-0.1, -0.05) is 13.3 Å². The second kappa shape index (κ2) is 7.21. The van der Waals surface area contributed by atoms with E-state index < -0.39 is 0 Å². The van der Waals surface area contributed by atoms with Crippen molar-refractivity contribution >= 4 is 17.3 Å². The Bertz CT molecular complexity index is 725. The van der Waals surface area contributed by atoms with E-state index >= 15 is 0 Å². The van der Waals surface area contributed by atoms with E-state index in [1.165, 1.54) is 19.3 Å². The first kappa shape index (κ1) is 16.8. The van der Waals surface area contributed by atoms with Crippen LogP contribution in [0.3, 0.4) is 0 Å². The fourth-order valence-electron chi connectivity index (χ4n) is 3.55. The van der Waals surface area contributed by atoms with Gasteiger partial charge in [0.1, 0.15) is 5.65 Å². The Kier molecular flexibility index (Phi) is 5.04. The van der Waals surface area contributed by atoms with Crippen LogP contribution in [-0.4, -0.2) is 39.4 Å². The largest absolute Gasteiger partial charge is 0.461 e. The van der Waals surface area contributed by atoms with Crippen LogP contribution in [0.1, 0.15) is 55.7 Å². The van der Waals surface area contributed by atoms with Gasteiger partial charge in [0.05, 0.1) is 12.3 Å². The van der Waals surface area contributed by atoms with Crippen LogP contribution in [0, 0.1) is 0 Å². The zero-order chi connectivity index (χ0) is 17.1. The fourth-order valence-corrected chi connectivity index (χ4v) is 3.55. The number of nitrogen functional groups attached to an aromatic ring is 1. The molecule has 1 unspecified atom stereocenters. The molecule has 6 heteroatoms. The summed E-state index contributed by atoms with van der Waals surface area (Å²) in [6.07, 6.45) is 6.65. The van der Waals surface area contributed by atoms with Gasteiger partial charge in [0, 0.05) is 24.5 Å². The molecule has 0 aromatic carbocycles. The van der Waals surface area contributed by atoms with Gasteiger partial charge in [-0.15, -0.1) is 0 Å². The smallest absolute Gasteiger partial charge is 0.358 e. The highest BCUT2D eigenvalue weighted by molar-refractivity contribution is 5.89. The molecule has 0 spiro atoms. The number of piperidine rings is 1. The third kappa shape index (κ3) is 3.24. The van der Waals surface area contributed by atoms with E-state index in [-0.39, 0.29) is 5.97 Å². The molecule has 1 atom stereocenters. The highest BCUT2D eigenvalue weighted by Crippen LogP contribution is 2.24. The Morgan fingerprint density at radius 1 is 1.38 bits per heavy atom. The molecule has 0 saturated carbocycles. The number of ether oxygens (including phenoxy) is 1. The summed E-state index contributed by atoms with van der Waals surface area (Å²) in [4.78, 5) is 19.3. The standard InChI is InChI=1S/C18H26N4O2/c1-3-14-7-5-6-10-21(14)12-15-17(18(23)24-4-2)20-16-9-8-13(19)11-22(15)16/h8-9,11,14H,3-7,10,12,19H2,1-2H3. The SMILES string of the molecule is CCOC(=O)c1nc2ccc(N)cn2c1CN1CCCCC1CC. The molecule has 2 N–H and O–H groups in total. The minimum absolute atomic E-state index is 0.343. The van der Waals surface area contributed by atoms with Crippen LogP contribution in [0.2, 0.25) is 0 Å². The topological polar surface area (TPSA) is 72.9 Å². The summed E-state index contributed by atoms with van der Waals surface area (Å²) in [5.74, 6) is -0.361. The molecule has 24 heavy (non-hydrogen) atoms. The number of anilines is 1. The zero-order valence-electron chi connectivity index (χ0n) is 14.5. The van der Waals surface area contributed by atoms with Crippen LogP contribution in [0.15, 0.2) is 18.3 Å². The van der Waals surface area contributed by atoms with E-state index in [0.717, 1.165) is 24.3 Å². The van der Waals surface area contributed by atoms with Crippen LogP contribution < -0.4 is 5.73 Å². The summed E-state index contributed by atoms with van der Waals surface area (Å²) in [5.41, 5.74) is 8.61. The molecule has 6 nitrogen and oxygen atoms in total. The molecule has 1 fully saturated rings. The molecule has 3 heterocycles. The maximum absolute atomic E-state index is 12.4. The number of pyridine rings is 1. The first-order valence-electron chi connectivity index (χ1n) is 8.81. The van der Waals surface area contributed by atoms with E-state index in [2.05, 4.69) is 16.8 Å². The number of hydrogen-bond donors (Lipinski definition) is 1. The second-order valence-electron chi connectivity index (χ2n) is 6.35. The number of hydrogen-bond acceptors (Lipinski definition) is 5. The van der Waals surface area contributed by atoms with Gasteiger partial charge in [0.15, 0.2) is 5.69 Å². The van der Waals surface area contributed by atoms with Gasteiger partial charge in [-0.25, -0.2) is 9.78 Å². The monoisotopic (exact) mass is 330 g/mol. The Balaban J connectivity index is 2.01. The summed E-state index contributed by atoms with van der Waals surface area (Å²) < 4.78 is 7.14. The molecule has 0 bridgehead atoms. The summed E-state index contributed by atoms with van der Waals surface area (Å²) in [5, 5.41) is 0. The Morgan fingerprint density at radius 2 is 2.21 bits per heavy atom. The van der Waals surface area contributed by atoms with Gasteiger partial charge in [0.25, 0.3) is 0 Å². The molecular formula is C18H26N4O2. The number of nitrogens with two attached hydrogens (primary N) is 1. The summed E-state index contributed by atoms with van der Waals surface area (Å²) in [6, 6.07) is 4.20. The van der Waals surface area contributed by atoms with Crippen molar-refractivity contribution in [3.8, 4) is 0 Å². The molecule has 2 aromatic heterocycles. The number of nitrogens with zero attached hydrogens (tertiary/aromatic N) is 3. The lowest BCUT2D eigenvalue weighted by Crippen LogP contribution is -2.39. The number of carbonyl (C=O) groups excluding carboxylic acids is 1. The van der Waals surface area contributed by atoms with Crippen LogP contribution in [-0.2, 0) is 11.3 Å². The summed E-state index contributed by atoms with van der Waals surface area (Å²) in [7, 11) is 0. The Morgan fingerprint density at radius 3 is 2.96 bits per heavy atom. The van der Waals surface area contributed by atoms with E-state index in [0.29, 0.717) is 30.6 Å². The first-order chi connectivity index (χ1) is 11.6. The lowest BCUT2D eigenvalue weighted by Gasteiger charge is -2.35. The van der Waals surface area contributed by atoms with Crippen LogP contribution >= 0.6 is 0 Å². The average Bonchev–Trinajstić information content (AvgIpc) is 2.93. The van der Waals surface area contributed by atoms with Gasteiger partial charge in [-0.2, -0.15) is 0 Å². The normalized spacial score (nSPS) is 18.8. The van der Waals surface area contributed by atoms with Gasteiger partial charge >= 0.3 is 5.97 Å². The molecule has 1 saturated heterocycles. The molecule has 1 aliphatic heterocycles. The summed E-state index contributed by atoms with van der Waals surface area (Å²) >= 11 is 0. The molecular weight excluding hydrogens is 304 g/mol. The van der Waals surface area contributed by atoms with Crippen molar-refractivity contribution < 1.29 is 9.53 Å². The van der Waals surface area contributed by atoms with Gasteiger partial charge in [-0.3, -0.25) is 9.30 Å². The predicted octanol–water partition coefficient (Wildman–Crippen LogP) is 2.86. The van der Waals surface area contributed by atoms with Crippen LogP contribution in [0.4, 0.5) is 5.69 Å². The number of aromatic nitrogens is 2. The van der Waals surface area contributed by atoms with E-state index in [1.807, 2.05) is 23.6 Å². The maximum Gasteiger partial charge on any atom is 0.358 e. The molecule has 0 radical (unpaired) electrons. The zero-order valence-corrected chi connectivity index (χ0v) is 14.5. The lowest BCUT2D eigenvalue weighted by atomic mass is 10.00. The molecule has 130 valence electrons. The van der Waals surface area contributed by atoms with Crippen molar-refractivity contribution in [2.45, 2.75) is 52.1 Å². The third-order valence-electron chi connectivity index (χ3n) is 4.78. The lowest BCUT2D eigenvalue weighted by molar-refractivity contribution is 0.0515. The van der Waals surface area contributed by atoms with Gasteiger partial charge < -0.3 is 10.5 Å². The quantitative estimate of drug-likeness (QED) is 0.854. The average molecular weight is 330 g/mol. The second-order valence-corrected chi connectivity index (χ2v) is 6.35. The number of likely N-dealkylation sites (tertiary alicyclic amines) is 1. The molecule has 0 amide bonds. The van der Waals surface area contributed by atoms with Crippen molar-refractivity contribution in [1.29, 1.82) is 0 Å². The number of rotatable bonds is 5. The van der Waals surface area contributed by atoms with Crippen molar-refractivity contribution in [3.05, 3.63) is 29.7 Å². The molecule has 1 aliphatic rings. The Hall–Kier alpha value is -2.08. The molecule has 0 aliphatic carbocycles. The third-order valence-corrected chi connectivity index (χ3v) is 4.78. The van der Waals surface area contributed by atoms with Crippen molar-refractivity contribution in [2.75, 3.05) is 18.9 Å². The minimum Gasteiger partial charge on any atom is -0.461 e. The molecule has 2 aromatic rings. The molecule has 3 rings (SSSR count). The van der Waals surface area contributed by atoms with Crippen molar-refractivity contribution in [3.63, 3.8) is 0 Å². The van der Waals surface area contributed by atoms with Crippen molar-refractivity contribution in [1.82, 2.24) is 14.3 Å². The van der Waals surface area contributed by atoms with E-state index in [4.69, 9.17) is 10.5 Å². The highest BCUT2D eigenvalue weighted by Gasteiger charge is 2.26. The number of fused-ring (bicyclic) bond motifs is 1. The van der Waals surface area contributed by atoms with Crippen LogP contribution in [0.25, 0.3) is 5.65 Å². The number of imidazole rings is 1. The van der Waals surface area contributed by atoms with Gasteiger partial charge in [0.2, 0.25) is 0 Å². The first-order valence-corrected chi connectivity index (χ1v) is 8.81. The Labute approximate surface area is 142 Å². The van der Waals surface area contributed by atoms with E-state index in [1.54, 1.807) is 6.07 Å². The minimum atomic E-state index is -0.361. The fraction of sp³-hybridized carbons (Fsp3) is 0.556. The van der Waals surface area contributed by atoms with Gasteiger partial charge in [-0.05, 0) is 44.9 Å². The summed E-state index contributed by atoms with van der Waals surface area (Å²) in [6.45, 7) is 6.12. The highest BCUT2D eigenvalue weighted by atomic mass is 16.5. The van der Waals surface area contributed by atoms with E-state index in [9.17, 15) is 4.79 Å². The van der Waals surface area contributed by atoms with Crippen molar-refractivity contribution in [2.24, 2.45) is 0 Å². The predicted molar refractivity (Wildman–Crippen MR) is 93.9 cm³/mol.